The summed E-state index contributed by atoms with van der Waals surface area (Å²) in [7, 11) is 0. The molecule has 0 aromatic rings. The minimum absolute atomic E-state index is 0.0285. The molecule has 12 nitrogen and oxygen atoms in total. The number of ketones is 3. The second-order valence-electron chi connectivity index (χ2n) is 18.1. The fraction of sp³-hybridized carbons (Fsp3) is 0.775. The maximum atomic E-state index is 14.9. The first kappa shape index (κ1) is 40.4. The normalized spacial score (nSPS) is 42.7. The van der Waals surface area contributed by atoms with Crippen LogP contribution < -0.4 is 0 Å². The molecule has 5 aliphatic rings. The van der Waals surface area contributed by atoms with E-state index in [1.165, 1.54) is 40.7 Å². The number of aliphatic hydroxyl groups excluding tert-OH is 1. The van der Waals surface area contributed by atoms with Gasteiger partial charge in [-0.1, -0.05) is 38.5 Å². The van der Waals surface area contributed by atoms with Crippen LogP contribution in [0.3, 0.4) is 0 Å². The van der Waals surface area contributed by atoms with Crippen molar-refractivity contribution >= 4 is 29.3 Å². The minimum atomic E-state index is -2.12. The van der Waals surface area contributed by atoms with Crippen molar-refractivity contribution in [1.29, 1.82) is 0 Å². The number of fused-ring (bicyclic) bond motifs is 5. The van der Waals surface area contributed by atoms with Crippen LogP contribution in [0.25, 0.3) is 0 Å². The summed E-state index contributed by atoms with van der Waals surface area (Å²) in [6.45, 7) is 18.2. The van der Waals surface area contributed by atoms with Crippen molar-refractivity contribution in [3.05, 3.63) is 23.8 Å². The number of rotatable bonds is 8. The lowest BCUT2D eigenvalue weighted by Gasteiger charge is -2.64. The van der Waals surface area contributed by atoms with E-state index >= 15 is 0 Å². The maximum absolute atomic E-state index is 14.9. The summed E-state index contributed by atoms with van der Waals surface area (Å²) in [6, 6.07) is 0. The molecule has 0 amide bonds. The van der Waals surface area contributed by atoms with Crippen LogP contribution in [0.2, 0.25) is 0 Å². The third-order valence-electron chi connectivity index (χ3n) is 13.6. The molecule has 290 valence electrons. The van der Waals surface area contributed by atoms with Gasteiger partial charge >= 0.3 is 11.9 Å². The van der Waals surface area contributed by atoms with Gasteiger partial charge in [0.25, 0.3) is 0 Å². The van der Waals surface area contributed by atoms with Crippen molar-refractivity contribution in [3.63, 3.8) is 0 Å². The second kappa shape index (κ2) is 13.2. The Hall–Kier alpha value is -2.77. The molecule has 0 bridgehead atoms. The molecule has 0 spiro atoms. The SMILES string of the molecule is CC(=O)O[C@@H]1[C@H](O[C@@H]2C[C@@]3(C)[C@@H]4CC=C5[C@@H](C[C@H](O)C(=O)C5(C)C)[C@]4(C)C(=O)C[C@]3(C)[C@H]2[C@@](C)(O)C(=O)/C=C/C(C)(C)O)O[C@@H](C)C[C@@H]1OC(C)=O. The quantitative estimate of drug-likeness (QED) is 0.186. The van der Waals surface area contributed by atoms with Crippen LogP contribution >= 0.6 is 0 Å². The zero-order valence-corrected chi connectivity index (χ0v) is 32.5. The summed E-state index contributed by atoms with van der Waals surface area (Å²) >= 11 is 0. The van der Waals surface area contributed by atoms with Crippen LogP contribution in [0.4, 0.5) is 0 Å². The molecular weight excluding hydrogens is 672 g/mol. The first-order chi connectivity index (χ1) is 23.7. The molecule has 52 heavy (non-hydrogen) atoms. The highest BCUT2D eigenvalue weighted by atomic mass is 16.7. The van der Waals surface area contributed by atoms with E-state index in [1.807, 2.05) is 13.8 Å². The van der Waals surface area contributed by atoms with Gasteiger partial charge in [0.05, 0.1) is 17.8 Å². The highest BCUT2D eigenvalue weighted by Gasteiger charge is 2.75. The number of carbonyl (C=O) groups excluding carboxylic acids is 5. The van der Waals surface area contributed by atoms with E-state index < -0.39 is 99.2 Å². The number of aliphatic hydroxyl groups is 3. The van der Waals surface area contributed by atoms with Crippen LogP contribution in [0.1, 0.15) is 108 Å². The van der Waals surface area contributed by atoms with Crippen molar-refractivity contribution in [2.45, 2.75) is 156 Å². The van der Waals surface area contributed by atoms with Gasteiger partial charge in [-0.3, -0.25) is 24.0 Å². The Kier molecular flexibility index (Phi) is 10.3. The Morgan fingerprint density at radius 1 is 0.942 bits per heavy atom. The molecule has 1 saturated heterocycles. The van der Waals surface area contributed by atoms with Crippen molar-refractivity contribution in [2.75, 3.05) is 0 Å². The molecule has 3 saturated carbocycles. The Bertz CT molecular complexity index is 1570. The van der Waals surface area contributed by atoms with Crippen LogP contribution in [0, 0.1) is 39.4 Å². The fourth-order valence-corrected chi connectivity index (χ4v) is 11.0. The molecule has 3 N–H and O–H groups in total. The molecule has 0 radical (unpaired) electrons. The van der Waals surface area contributed by atoms with E-state index in [9.17, 15) is 39.3 Å². The topological polar surface area (TPSA) is 183 Å². The number of allylic oxidation sites excluding steroid dienone is 2. The standard InChI is InChI=1S/C40H58O12/c1-20-16-26(50-21(2)41)31(51-22(3)42)34(49-20)52-27-18-37(8)28-13-12-23-24(17-25(43)33(46)36(23,6)7)39(28,10)30(45)19-38(37,9)32(27)40(11,48)29(44)14-15-35(4,5)47/h12,14-15,20,24-28,31-32,34,43,47-48H,13,16-19H2,1-11H3/b15-14+/t20-,24+,25-,26-,27+,28-,31-,32-,34-,37-,38+,39-,40-/m0/s1. The molecule has 4 fully saturated rings. The van der Waals surface area contributed by atoms with E-state index in [1.54, 1.807) is 20.8 Å². The van der Waals surface area contributed by atoms with E-state index in [2.05, 4.69) is 13.0 Å². The lowest BCUT2D eigenvalue weighted by Crippen LogP contribution is -2.65. The van der Waals surface area contributed by atoms with E-state index in [0.29, 0.717) is 6.42 Å². The van der Waals surface area contributed by atoms with Gasteiger partial charge in [0.15, 0.2) is 24.0 Å². The zero-order valence-electron chi connectivity index (χ0n) is 32.5. The molecular formula is C40H58O12. The number of ether oxygens (including phenoxy) is 4. The van der Waals surface area contributed by atoms with Gasteiger partial charge in [-0.15, -0.1) is 0 Å². The van der Waals surface area contributed by atoms with E-state index in [4.69, 9.17) is 18.9 Å². The first-order valence-corrected chi connectivity index (χ1v) is 18.5. The van der Waals surface area contributed by atoms with Crippen LogP contribution in [-0.4, -0.2) is 92.6 Å². The predicted octanol–water partition coefficient (Wildman–Crippen LogP) is 3.95. The maximum Gasteiger partial charge on any atom is 0.303 e. The highest BCUT2D eigenvalue weighted by molar-refractivity contribution is 5.98. The lowest BCUT2D eigenvalue weighted by atomic mass is 9.38. The number of esters is 2. The van der Waals surface area contributed by atoms with Gasteiger partial charge in [-0.05, 0) is 89.5 Å². The van der Waals surface area contributed by atoms with E-state index in [0.717, 1.165) is 11.6 Å². The van der Waals surface area contributed by atoms with Crippen LogP contribution in [0.5, 0.6) is 0 Å². The van der Waals surface area contributed by atoms with E-state index in [-0.39, 0.29) is 43.2 Å². The summed E-state index contributed by atoms with van der Waals surface area (Å²) < 4.78 is 24.3. The van der Waals surface area contributed by atoms with Gasteiger partial charge in [0.2, 0.25) is 0 Å². The summed E-state index contributed by atoms with van der Waals surface area (Å²) in [5, 5.41) is 33.8. The van der Waals surface area contributed by atoms with Crippen molar-refractivity contribution in [1.82, 2.24) is 0 Å². The highest BCUT2D eigenvalue weighted by Crippen LogP contribution is 2.74. The third kappa shape index (κ3) is 6.44. The summed E-state index contributed by atoms with van der Waals surface area (Å²) in [5.41, 5.74) is -6.36. The van der Waals surface area contributed by atoms with Crippen molar-refractivity contribution in [2.24, 2.45) is 39.4 Å². The molecule has 0 aromatic heterocycles. The fourth-order valence-electron chi connectivity index (χ4n) is 11.0. The van der Waals surface area contributed by atoms with Gasteiger partial charge in [0.1, 0.15) is 23.6 Å². The molecule has 1 heterocycles. The lowest BCUT2D eigenvalue weighted by molar-refractivity contribution is -0.292. The number of carbonyl (C=O) groups is 5. The van der Waals surface area contributed by atoms with Gasteiger partial charge in [-0.25, -0.2) is 0 Å². The molecule has 0 aromatic carbocycles. The van der Waals surface area contributed by atoms with Crippen molar-refractivity contribution in [3.8, 4) is 0 Å². The van der Waals surface area contributed by atoms with Gasteiger partial charge in [-0.2, -0.15) is 0 Å². The van der Waals surface area contributed by atoms with Crippen LogP contribution in [0.15, 0.2) is 23.8 Å². The molecule has 5 rings (SSSR count). The summed E-state index contributed by atoms with van der Waals surface area (Å²) in [4.78, 5) is 66.5. The monoisotopic (exact) mass is 730 g/mol. The van der Waals surface area contributed by atoms with Crippen molar-refractivity contribution < 1.29 is 58.2 Å². The Morgan fingerprint density at radius 3 is 2.13 bits per heavy atom. The predicted molar refractivity (Wildman–Crippen MR) is 187 cm³/mol. The van der Waals surface area contributed by atoms with Gasteiger partial charge < -0.3 is 34.3 Å². The third-order valence-corrected chi connectivity index (χ3v) is 13.6. The Balaban J connectivity index is 1.65. The Morgan fingerprint density at radius 2 is 1.56 bits per heavy atom. The molecule has 1 aliphatic heterocycles. The average Bonchev–Trinajstić information content (AvgIpc) is 3.22. The molecule has 0 unspecified atom stereocenters. The second-order valence-corrected chi connectivity index (χ2v) is 18.1. The largest absolute Gasteiger partial charge is 0.458 e. The number of hydrogen-bond donors (Lipinski definition) is 3. The zero-order chi connectivity index (χ0) is 39.1. The minimum Gasteiger partial charge on any atom is -0.458 e. The summed E-state index contributed by atoms with van der Waals surface area (Å²) in [6.07, 6.45) is -0.407. The molecule has 4 aliphatic carbocycles. The number of Topliss-reactive ketones (excluding diaryl/α,β-unsaturated/α-hetero) is 2. The number of hydrogen-bond acceptors (Lipinski definition) is 12. The average molecular weight is 731 g/mol. The first-order valence-electron chi connectivity index (χ1n) is 18.5. The smallest absolute Gasteiger partial charge is 0.303 e. The van der Waals surface area contributed by atoms with Gasteiger partial charge in [0, 0.05) is 43.4 Å². The molecule has 13 atom stereocenters. The summed E-state index contributed by atoms with van der Waals surface area (Å²) in [5.74, 6) is -4.01. The van der Waals surface area contributed by atoms with Crippen LogP contribution in [-0.2, 0) is 42.9 Å². The molecule has 12 heteroatoms. The Labute approximate surface area is 306 Å².